The zero-order valence-corrected chi connectivity index (χ0v) is 18.1. The quantitative estimate of drug-likeness (QED) is 0.110. The molecule has 148 valence electrons. The van der Waals surface area contributed by atoms with Crippen molar-refractivity contribution in [3.05, 3.63) is 37.2 Å². The van der Waals surface area contributed by atoms with Crippen LogP contribution < -0.4 is 4.57 Å². The third-order valence-corrected chi connectivity index (χ3v) is 6.01. The van der Waals surface area contributed by atoms with Crippen molar-refractivity contribution in [3.8, 4) is 0 Å². The van der Waals surface area contributed by atoms with E-state index >= 15 is 0 Å². The predicted molar refractivity (Wildman–Crippen MR) is 118 cm³/mol. The lowest BCUT2D eigenvalue weighted by atomic mass is 10.0. The van der Waals surface area contributed by atoms with Crippen molar-refractivity contribution in [1.82, 2.24) is 0 Å². The summed E-state index contributed by atoms with van der Waals surface area (Å²) in [5.41, 5.74) is 0. The summed E-state index contributed by atoms with van der Waals surface area (Å²) in [6.07, 6.45) is 26.4. The molecule has 2 heteroatoms. The Labute approximate surface area is 167 Å². The average Bonchev–Trinajstić information content (AvgIpc) is 2.67. The minimum Gasteiger partial charge on any atom is -0.205 e. The molecule has 0 aliphatic rings. The van der Waals surface area contributed by atoms with Crippen LogP contribution in [-0.4, -0.2) is 5.75 Å². The van der Waals surface area contributed by atoms with Crippen LogP contribution in [0.4, 0.5) is 0 Å². The Morgan fingerprint density at radius 3 is 1.69 bits per heavy atom. The summed E-state index contributed by atoms with van der Waals surface area (Å²) in [4.78, 5) is 1.34. The molecule has 0 aliphatic heterocycles. The predicted octanol–water partition coefficient (Wildman–Crippen LogP) is 7.73. The molecule has 1 rings (SSSR count). The van der Waals surface area contributed by atoms with Crippen molar-refractivity contribution in [1.29, 1.82) is 0 Å². The second kappa shape index (κ2) is 17.6. The van der Waals surface area contributed by atoms with Crippen LogP contribution in [-0.2, 0) is 6.54 Å². The molecular weight excluding hydrogens is 334 g/mol. The lowest BCUT2D eigenvalue weighted by molar-refractivity contribution is -0.697. The van der Waals surface area contributed by atoms with Gasteiger partial charge in [0.2, 0.25) is 0 Å². The fourth-order valence-corrected chi connectivity index (χ4v) is 3.96. The molecule has 0 N–H and O–H groups in total. The van der Waals surface area contributed by atoms with E-state index in [4.69, 9.17) is 0 Å². The number of rotatable bonds is 18. The Balaban J connectivity index is 1.85. The molecule has 0 aliphatic carbocycles. The lowest BCUT2D eigenvalue weighted by Crippen LogP contribution is -2.32. The Kier molecular flexibility index (Phi) is 15.8. The summed E-state index contributed by atoms with van der Waals surface area (Å²) in [5.74, 6) is 0.989. The van der Waals surface area contributed by atoms with Gasteiger partial charge in [0.25, 0.3) is 0 Å². The van der Waals surface area contributed by atoms with E-state index in [9.17, 15) is 0 Å². The van der Waals surface area contributed by atoms with E-state index in [2.05, 4.69) is 42.6 Å². The molecule has 0 saturated heterocycles. The van der Waals surface area contributed by atoms with Crippen molar-refractivity contribution in [2.75, 3.05) is 5.75 Å². The van der Waals surface area contributed by atoms with Crippen molar-refractivity contribution in [2.45, 2.75) is 108 Å². The van der Waals surface area contributed by atoms with Crippen LogP contribution in [0.1, 0.15) is 96.8 Å². The summed E-state index contributed by atoms with van der Waals surface area (Å²) in [6.45, 7) is 7.22. The fraction of sp³-hybridized carbons (Fsp3) is 0.708. The van der Waals surface area contributed by atoms with Crippen molar-refractivity contribution in [2.24, 2.45) is 0 Å². The topological polar surface area (TPSA) is 3.88 Å². The molecule has 0 aromatic carbocycles. The molecule has 1 nitrogen and oxygen atoms in total. The summed E-state index contributed by atoms with van der Waals surface area (Å²) < 4.78 is 2.32. The first-order valence-corrected chi connectivity index (χ1v) is 12.1. The van der Waals surface area contributed by atoms with Gasteiger partial charge >= 0.3 is 0 Å². The SMILES string of the molecule is C=CCSc1cc[n+](CCCCCCCCCCCCCCCC)cc1. The molecule has 1 aromatic rings. The molecule has 1 aromatic heterocycles. The lowest BCUT2D eigenvalue weighted by Gasteiger charge is -2.03. The maximum Gasteiger partial charge on any atom is 0.169 e. The molecule has 0 unspecified atom stereocenters. The van der Waals surface area contributed by atoms with Crippen LogP contribution in [0.3, 0.4) is 0 Å². The smallest absolute Gasteiger partial charge is 0.169 e. The van der Waals surface area contributed by atoms with Gasteiger partial charge in [0.1, 0.15) is 6.54 Å². The maximum absolute atomic E-state index is 3.77. The number of pyridine rings is 1. The number of aromatic nitrogens is 1. The minimum atomic E-state index is 0.989. The van der Waals surface area contributed by atoms with Crippen LogP contribution in [0.2, 0.25) is 0 Å². The van der Waals surface area contributed by atoms with E-state index in [1.807, 2.05) is 17.8 Å². The molecule has 0 saturated carbocycles. The van der Waals surface area contributed by atoms with Gasteiger partial charge in [-0.25, -0.2) is 4.57 Å². The van der Waals surface area contributed by atoms with Crippen LogP contribution >= 0.6 is 11.8 Å². The molecule has 0 spiro atoms. The van der Waals surface area contributed by atoms with Gasteiger partial charge in [0, 0.05) is 29.2 Å². The number of hydrogen-bond acceptors (Lipinski definition) is 1. The van der Waals surface area contributed by atoms with Crippen LogP contribution in [0, 0.1) is 0 Å². The van der Waals surface area contributed by atoms with Gasteiger partial charge in [-0.15, -0.1) is 18.3 Å². The monoisotopic (exact) mass is 376 g/mol. The highest BCUT2D eigenvalue weighted by Crippen LogP contribution is 2.15. The first-order valence-electron chi connectivity index (χ1n) is 11.1. The third-order valence-electron chi connectivity index (χ3n) is 5.00. The molecule has 0 bridgehead atoms. The van der Waals surface area contributed by atoms with Gasteiger partial charge < -0.3 is 0 Å². The summed E-state index contributed by atoms with van der Waals surface area (Å²) in [6, 6.07) is 4.44. The molecule has 1 heterocycles. The number of aryl methyl sites for hydroxylation is 1. The number of unbranched alkanes of at least 4 members (excludes halogenated alkanes) is 13. The number of nitrogens with zero attached hydrogens (tertiary/aromatic N) is 1. The summed E-state index contributed by atoms with van der Waals surface area (Å²) in [5, 5.41) is 0. The zero-order chi connectivity index (χ0) is 18.7. The van der Waals surface area contributed by atoms with Gasteiger partial charge in [-0.1, -0.05) is 90.0 Å². The van der Waals surface area contributed by atoms with Crippen molar-refractivity contribution in [3.63, 3.8) is 0 Å². The van der Waals surface area contributed by atoms with E-state index in [1.54, 1.807) is 0 Å². The van der Waals surface area contributed by atoms with Crippen LogP contribution in [0.15, 0.2) is 42.1 Å². The highest BCUT2D eigenvalue weighted by atomic mass is 32.2. The molecule has 0 radical (unpaired) electrons. The number of hydrogen-bond donors (Lipinski definition) is 0. The molecule has 0 atom stereocenters. The Bertz CT molecular complexity index is 426. The van der Waals surface area contributed by atoms with Crippen molar-refractivity contribution >= 4 is 11.8 Å². The van der Waals surface area contributed by atoms with Gasteiger partial charge in [0.15, 0.2) is 12.4 Å². The summed E-state index contributed by atoms with van der Waals surface area (Å²) >= 11 is 1.85. The van der Waals surface area contributed by atoms with E-state index in [0.717, 1.165) is 12.3 Å². The number of thioether (sulfide) groups is 1. The first kappa shape index (κ1) is 23.3. The molecule has 26 heavy (non-hydrogen) atoms. The highest BCUT2D eigenvalue weighted by molar-refractivity contribution is 7.99. The second-order valence-electron chi connectivity index (χ2n) is 7.47. The molecule has 0 amide bonds. The standard InChI is InChI=1S/C24H42NS/c1-3-5-6-7-8-9-10-11-12-13-14-15-16-17-20-25-21-18-24(19-22-25)26-23-4-2/h4,18-19,21-22H,2-3,5-17,20,23H2,1H3/q+1. The maximum atomic E-state index is 3.77. The van der Waals surface area contributed by atoms with Crippen LogP contribution in [0.5, 0.6) is 0 Å². The van der Waals surface area contributed by atoms with E-state index in [0.29, 0.717) is 0 Å². The first-order chi connectivity index (χ1) is 12.9. The normalized spacial score (nSPS) is 11.0. The molecular formula is C24H42NS+. The highest BCUT2D eigenvalue weighted by Gasteiger charge is 2.01. The Morgan fingerprint density at radius 1 is 0.769 bits per heavy atom. The van der Waals surface area contributed by atoms with Gasteiger partial charge in [0.05, 0.1) is 0 Å². The van der Waals surface area contributed by atoms with Gasteiger partial charge in [-0.05, 0) is 6.42 Å². The zero-order valence-electron chi connectivity index (χ0n) is 17.3. The van der Waals surface area contributed by atoms with Gasteiger partial charge in [-0.2, -0.15) is 0 Å². The van der Waals surface area contributed by atoms with Crippen molar-refractivity contribution < 1.29 is 4.57 Å². The molecule has 0 fully saturated rings. The fourth-order valence-electron chi connectivity index (χ4n) is 3.33. The van der Waals surface area contributed by atoms with E-state index in [-0.39, 0.29) is 0 Å². The Hall–Kier alpha value is -0.760. The van der Waals surface area contributed by atoms with Crippen LogP contribution in [0.25, 0.3) is 0 Å². The second-order valence-corrected chi connectivity index (χ2v) is 8.56. The van der Waals surface area contributed by atoms with Gasteiger partial charge in [-0.3, -0.25) is 0 Å². The third kappa shape index (κ3) is 13.4. The summed E-state index contributed by atoms with van der Waals surface area (Å²) in [7, 11) is 0. The minimum absolute atomic E-state index is 0.989. The van der Waals surface area contributed by atoms with E-state index in [1.165, 1.54) is 94.8 Å². The Morgan fingerprint density at radius 2 is 1.23 bits per heavy atom. The van der Waals surface area contributed by atoms with E-state index < -0.39 is 0 Å². The average molecular weight is 377 g/mol. The largest absolute Gasteiger partial charge is 0.205 e.